The number of aromatic nitrogens is 3. The average Bonchev–Trinajstić information content (AvgIpc) is 3.07. The standard InChI is InChI=1S/C13H16N6.HI/c14-13(18-11-3-4-11)17-8-10-2-1-5-16-12(10)19-7-6-15-9-19;/h1-2,5-7,9,11H,3-4,8H2,(H3,14,17,18);1H. The van der Waals surface area contributed by atoms with E-state index in [-0.39, 0.29) is 24.0 Å². The number of nitrogens with two attached hydrogens (primary N) is 1. The first-order chi connectivity index (χ1) is 9.33. The lowest BCUT2D eigenvalue weighted by molar-refractivity contribution is 0.871. The molecular weight excluding hydrogens is 367 g/mol. The van der Waals surface area contributed by atoms with Crippen molar-refractivity contribution in [1.82, 2.24) is 19.9 Å². The number of hydrogen-bond acceptors (Lipinski definition) is 3. The van der Waals surface area contributed by atoms with Crippen LogP contribution >= 0.6 is 24.0 Å². The Hall–Kier alpha value is -1.64. The first-order valence-electron chi connectivity index (χ1n) is 6.31. The average molecular weight is 384 g/mol. The van der Waals surface area contributed by atoms with Gasteiger partial charge in [-0.05, 0) is 18.9 Å². The zero-order valence-corrected chi connectivity index (χ0v) is 13.3. The SMILES string of the molecule is I.NC(=NCc1cccnc1-n1ccnc1)NC1CC1. The monoisotopic (exact) mass is 384 g/mol. The van der Waals surface area contributed by atoms with Gasteiger partial charge in [0.05, 0.1) is 6.54 Å². The van der Waals surface area contributed by atoms with Crippen LogP contribution in [0.15, 0.2) is 42.0 Å². The van der Waals surface area contributed by atoms with E-state index in [2.05, 4.69) is 20.3 Å². The van der Waals surface area contributed by atoms with E-state index in [1.807, 2.05) is 22.9 Å². The highest BCUT2D eigenvalue weighted by Crippen LogP contribution is 2.18. The maximum absolute atomic E-state index is 5.83. The quantitative estimate of drug-likeness (QED) is 0.475. The van der Waals surface area contributed by atoms with E-state index in [0.717, 1.165) is 11.4 Å². The molecule has 20 heavy (non-hydrogen) atoms. The summed E-state index contributed by atoms with van der Waals surface area (Å²) >= 11 is 0. The van der Waals surface area contributed by atoms with Gasteiger partial charge in [0.15, 0.2) is 5.96 Å². The highest BCUT2D eigenvalue weighted by atomic mass is 127. The van der Waals surface area contributed by atoms with E-state index in [4.69, 9.17) is 5.73 Å². The van der Waals surface area contributed by atoms with Crippen LogP contribution in [0.25, 0.3) is 5.82 Å². The van der Waals surface area contributed by atoms with Crippen LogP contribution < -0.4 is 11.1 Å². The molecule has 2 heterocycles. The summed E-state index contributed by atoms with van der Waals surface area (Å²) in [7, 11) is 0. The third kappa shape index (κ3) is 3.69. The van der Waals surface area contributed by atoms with Crippen molar-refractivity contribution in [2.24, 2.45) is 10.7 Å². The molecule has 6 nitrogen and oxygen atoms in total. The van der Waals surface area contributed by atoms with Crippen LogP contribution in [0.4, 0.5) is 0 Å². The molecule has 1 saturated carbocycles. The van der Waals surface area contributed by atoms with Crippen molar-refractivity contribution >= 4 is 29.9 Å². The van der Waals surface area contributed by atoms with E-state index in [1.54, 1.807) is 18.7 Å². The summed E-state index contributed by atoms with van der Waals surface area (Å²) in [5.41, 5.74) is 6.85. The summed E-state index contributed by atoms with van der Waals surface area (Å²) in [4.78, 5) is 12.8. The second-order valence-corrected chi connectivity index (χ2v) is 4.58. The Labute approximate surface area is 134 Å². The van der Waals surface area contributed by atoms with Crippen molar-refractivity contribution in [3.8, 4) is 5.82 Å². The molecule has 0 radical (unpaired) electrons. The number of halogens is 1. The molecule has 1 aliphatic rings. The Kier molecular flexibility index (Phi) is 4.94. The number of guanidine groups is 1. The maximum Gasteiger partial charge on any atom is 0.189 e. The zero-order chi connectivity index (χ0) is 13.1. The summed E-state index contributed by atoms with van der Waals surface area (Å²) in [5.74, 6) is 1.34. The Morgan fingerprint density at radius 3 is 3.00 bits per heavy atom. The van der Waals surface area contributed by atoms with Crippen LogP contribution in [0.5, 0.6) is 0 Å². The molecule has 7 heteroatoms. The van der Waals surface area contributed by atoms with E-state index < -0.39 is 0 Å². The second kappa shape index (κ2) is 6.69. The minimum atomic E-state index is 0. The fourth-order valence-corrected chi connectivity index (χ4v) is 1.82. The summed E-state index contributed by atoms with van der Waals surface area (Å²) in [6.45, 7) is 0.507. The molecular formula is C13H17IN6. The first-order valence-corrected chi connectivity index (χ1v) is 6.31. The highest BCUT2D eigenvalue weighted by Gasteiger charge is 2.21. The van der Waals surface area contributed by atoms with E-state index >= 15 is 0 Å². The van der Waals surface area contributed by atoms with Gasteiger partial charge in [0.25, 0.3) is 0 Å². The van der Waals surface area contributed by atoms with Gasteiger partial charge in [-0.3, -0.25) is 4.57 Å². The second-order valence-electron chi connectivity index (χ2n) is 4.58. The Morgan fingerprint density at radius 1 is 1.45 bits per heavy atom. The van der Waals surface area contributed by atoms with Gasteiger partial charge in [0.2, 0.25) is 0 Å². The molecule has 0 atom stereocenters. The fraction of sp³-hybridized carbons (Fsp3) is 0.308. The molecule has 2 aromatic rings. The van der Waals surface area contributed by atoms with Crippen LogP contribution in [0.2, 0.25) is 0 Å². The largest absolute Gasteiger partial charge is 0.370 e. The molecule has 0 saturated heterocycles. The molecule has 2 aromatic heterocycles. The first kappa shape index (κ1) is 14.8. The van der Waals surface area contributed by atoms with Crippen LogP contribution in [-0.2, 0) is 6.54 Å². The molecule has 0 aromatic carbocycles. The van der Waals surface area contributed by atoms with Crippen molar-refractivity contribution in [3.63, 3.8) is 0 Å². The molecule has 0 unspecified atom stereocenters. The summed E-state index contributed by atoms with van der Waals surface area (Å²) in [6, 6.07) is 4.41. The minimum absolute atomic E-state index is 0. The van der Waals surface area contributed by atoms with Crippen molar-refractivity contribution in [2.75, 3.05) is 0 Å². The van der Waals surface area contributed by atoms with Crippen LogP contribution in [0.1, 0.15) is 18.4 Å². The zero-order valence-electron chi connectivity index (χ0n) is 10.9. The van der Waals surface area contributed by atoms with E-state index in [9.17, 15) is 0 Å². The number of nitrogens with zero attached hydrogens (tertiary/aromatic N) is 4. The Bertz CT molecular complexity index is 576. The predicted molar refractivity (Wildman–Crippen MR) is 88.3 cm³/mol. The molecule has 3 N–H and O–H groups in total. The van der Waals surface area contributed by atoms with Crippen molar-refractivity contribution in [1.29, 1.82) is 0 Å². The van der Waals surface area contributed by atoms with Gasteiger partial charge in [-0.1, -0.05) is 6.07 Å². The van der Waals surface area contributed by atoms with Gasteiger partial charge < -0.3 is 11.1 Å². The van der Waals surface area contributed by atoms with Crippen molar-refractivity contribution in [2.45, 2.75) is 25.4 Å². The van der Waals surface area contributed by atoms with Gasteiger partial charge in [-0.25, -0.2) is 15.0 Å². The van der Waals surface area contributed by atoms with Crippen molar-refractivity contribution in [3.05, 3.63) is 42.6 Å². The number of rotatable bonds is 4. The lowest BCUT2D eigenvalue weighted by atomic mass is 10.2. The lowest BCUT2D eigenvalue weighted by Crippen LogP contribution is -2.33. The number of aliphatic imine (C=N–C) groups is 1. The summed E-state index contributed by atoms with van der Waals surface area (Å²) < 4.78 is 1.87. The minimum Gasteiger partial charge on any atom is -0.370 e. The molecule has 3 rings (SSSR count). The maximum atomic E-state index is 5.83. The third-order valence-corrected chi connectivity index (χ3v) is 2.97. The topological polar surface area (TPSA) is 81.1 Å². The summed E-state index contributed by atoms with van der Waals surface area (Å²) in [5, 5.41) is 3.17. The molecule has 1 fully saturated rings. The molecule has 0 amide bonds. The Balaban J connectivity index is 0.00000147. The van der Waals surface area contributed by atoms with Crippen molar-refractivity contribution < 1.29 is 0 Å². The predicted octanol–water partition coefficient (Wildman–Crippen LogP) is 1.45. The van der Waals surface area contributed by atoms with Gasteiger partial charge in [-0.2, -0.15) is 0 Å². The normalized spacial score (nSPS) is 14.7. The van der Waals surface area contributed by atoms with Crippen LogP contribution in [0, 0.1) is 0 Å². The van der Waals surface area contributed by atoms with Gasteiger partial charge >= 0.3 is 0 Å². The van der Waals surface area contributed by atoms with Gasteiger partial charge in [0, 0.05) is 30.2 Å². The number of nitrogens with one attached hydrogen (secondary N) is 1. The molecule has 0 bridgehead atoms. The molecule has 106 valence electrons. The van der Waals surface area contributed by atoms with Gasteiger partial charge in [0.1, 0.15) is 12.1 Å². The van der Waals surface area contributed by atoms with E-state index in [1.165, 1.54) is 12.8 Å². The van der Waals surface area contributed by atoms with E-state index in [0.29, 0.717) is 18.5 Å². The Morgan fingerprint density at radius 2 is 2.30 bits per heavy atom. The van der Waals surface area contributed by atoms with Gasteiger partial charge in [-0.15, -0.1) is 24.0 Å². The third-order valence-electron chi connectivity index (χ3n) is 2.97. The fourth-order valence-electron chi connectivity index (χ4n) is 1.82. The molecule has 1 aliphatic carbocycles. The smallest absolute Gasteiger partial charge is 0.189 e. The summed E-state index contributed by atoms with van der Waals surface area (Å²) in [6.07, 6.45) is 9.44. The van der Waals surface area contributed by atoms with Crippen LogP contribution in [0.3, 0.4) is 0 Å². The van der Waals surface area contributed by atoms with Crippen LogP contribution in [-0.4, -0.2) is 26.5 Å². The number of hydrogen-bond donors (Lipinski definition) is 2. The lowest BCUT2D eigenvalue weighted by Gasteiger charge is -2.07. The number of imidazole rings is 1. The molecule has 0 spiro atoms. The highest BCUT2D eigenvalue weighted by molar-refractivity contribution is 14.0. The molecule has 0 aliphatic heterocycles. The number of pyridine rings is 1.